The third-order valence-corrected chi connectivity index (χ3v) is 2.18. The Hall–Kier alpha value is -1.48. The molecule has 0 saturated heterocycles. The maximum absolute atomic E-state index is 11.6. The molecule has 0 aliphatic carbocycles. The molecule has 0 radical (unpaired) electrons. The van der Waals surface area contributed by atoms with Crippen molar-refractivity contribution >= 4 is 23.4 Å². The van der Waals surface area contributed by atoms with Crippen LogP contribution in [0.5, 0.6) is 0 Å². The standard InChI is InChI=1S/C12H14ClNO2/c1-9(2)8-16-12(15)14(3)11-6-4-10(13)5-7-11/h4-7H,1,8H2,2-3H3. The van der Waals surface area contributed by atoms with E-state index in [1.54, 1.807) is 38.2 Å². The first-order valence-electron chi connectivity index (χ1n) is 4.81. The Morgan fingerprint density at radius 2 is 2.00 bits per heavy atom. The lowest BCUT2D eigenvalue weighted by Crippen LogP contribution is -2.27. The highest BCUT2D eigenvalue weighted by molar-refractivity contribution is 6.30. The summed E-state index contributed by atoms with van der Waals surface area (Å²) in [7, 11) is 1.64. The van der Waals surface area contributed by atoms with Gasteiger partial charge in [-0.3, -0.25) is 4.90 Å². The smallest absolute Gasteiger partial charge is 0.414 e. The normalized spacial score (nSPS) is 9.69. The maximum Gasteiger partial charge on any atom is 0.414 e. The first-order valence-corrected chi connectivity index (χ1v) is 5.19. The van der Waals surface area contributed by atoms with Gasteiger partial charge in [-0.15, -0.1) is 0 Å². The van der Waals surface area contributed by atoms with E-state index >= 15 is 0 Å². The summed E-state index contributed by atoms with van der Waals surface area (Å²) < 4.78 is 5.00. The zero-order valence-corrected chi connectivity index (χ0v) is 10.1. The monoisotopic (exact) mass is 239 g/mol. The van der Waals surface area contributed by atoms with E-state index < -0.39 is 6.09 Å². The summed E-state index contributed by atoms with van der Waals surface area (Å²) in [6.45, 7) is 5.69. The van der Waals surface area contributed by atoms with Gasteiger partial charge in [-0.2, -0.15) is 0 Å². The molecule has 0 spiro atoms. The van der Waals surface area contributed by atoms with Crippen LogP contribution in [-0.4, -0.2) is 19.7 Å². The number of hydrogen-bond acceptors (Lipinski definition) is 2. The number of hydrogen-bond donors (Lipinski definition) is 0. The molecule has 1 aromatic rings. The highest BCUT2D eigenvalue weighted by Gasteiger charge is 2.11. The zero-order chi connectivity index (χ0) is 12.1. The van der Waals surface area contributed by atoms with Crippen molar-refractivity contribution < 1.29 is 9.53 Å². The molecule has 4 heteroatoms. The Bertz CT molecular complexity index is 387. The maximum atomic E-state index is 11.6. The summed E-state index contributed by atoms with van der Waals surface area (Å²) in [6, 6.07) is 6.95. The quantitative estimate of drug-likeness (QED) is 0.756. The van der Waals surface area contributed by atoms with Crippen LogP contribution in [0.3, 0.4) is 0 Å². The fraction of sp³-hybridized carbons (Fsp3) is 0.250. The largest absolute Gasteiger partial charge is 0.445 e. The van der Waals surface area contributed by atoms with Gasteiger partial charge in [0.2, 0.25) is 0 Å². The fourth-order valence-electron chi connectivity index (χ4n) is 1.05. The molecule has 0 aromatic heterocycles. The van der Waals surface area contributed by atoms with E-state index in [0.717, 1.165) is 11.3 Å². The SMILES string of the molecule is C=C(C)COC(=O)N(C)c1ccc(Cl)cc1. The van der Waals surface area contributed by atoms with E-state index in [9.17, 15) is 4.79 Å². The second-order valence-corrected chi connectivity index (χ2v) is 3.98. The number of ether oxygens (including phenoxy) is 1. The Kier molecular flexibility index (Phi) is 4.38. The van der Waals surface area contributed by atoms with Gasteiger partial charge < -0.3 is 4.74 Å². The van der Waals surface area contributed by atoms with E-state index in [1.807, 2.05) is 0 Å². The van der Waals surface area contributed by atoms with Crippen molar-refractivity contribution in [3.63, 3.8) is 0 Å². The molecule has 0 fully saturated rings. The molecule has 16 heavy (non-hydrogen) atoms. The van der Waals surface area contributed by atoms with Gasteiger partial charge in [-0.05, 0) is 36.8 Å². The number of benzene rings is 1. The minimum atomic E-state index is -0.412. The number of amides is 1. The van der Waals surface area contributed by atoms with Gasteiger partial charge in [0.05, 0.1) is 0 Å². The van der Waals surface area contributed by atoms with Crippen molar-refractivity contribution in [3.05, 3.63) is 41.4 Å². The van der Waals surface area contributed by atoms with Crippen molar-refractivity contribution in [2.75, 3.05) is 18.6 Å². The van der Waals surface area contributed by atoms with Crippen molar-refractivity contribution in [2.24, 2.45) is 0 Å². The van der Waals surface area contributed by atoms with E-state index in [-0.39, 0.29) is 6.61 Å². The molecule has 0 N–H and O–H groups in total. The summed E-state index contributed by atoms with van der Waals surface area (Å²) in [5.41, 5.74) is 1.54. The Balaban J connectivity index is 2.63. The van der Waals surface area contributed by atoms with Crippen molar-refractivity contribution in [3.8, 4) is 0 Å². The van der Waals surface area contributed by atoms with Crippen molar-refractivity contribution in [2.45, 2.75) is 6.92 Å². The van der Waals surface area contributed by atoms with Crippen molar-refractivity contribution in [1.82, 2.24) is 0 Å². The van der Waals surface area contributed by atoms with Crippen LogP contribution >= 0.6 is 11.6 Å². The molecule has 0 atom stereocenters. The molecule has 0 saturated carbocycles. The second-order valence-electron chi connectivity index (χ2n) is 3.55. The summed E-state index contributed by atoms with van der Waals surface area (Å²) >= 11 is 5.75. The number of rotatable bonds is 3. The van der Waals surface area contributed by atoms with Crippen LogP contribution < -0.4 is 4.90 Å². The van der Waals surface area contributed by atoms with Gasteiger partial charge in [-0.25, -0.2) is 4.79 Å². The van der Waals surface area contributed by atoms with Crippen LogP contribution in [0, 0.1) is 0 Å². The third-order valence-electron chi connectivity index (χ3n) is 1.93. The lowest BCUT2D eigenvalue weighted by atomic mass is 10.3. The summed E-state index contributed by atoms with van der Waals surface area (Å²) in [4.78, 5) is 13.0. The average molecular weight is 240 g/mol. The summed E-state index contributed by atoms with van der Waals surface area (Å²) in [6.07, 6.45) is -0.412. The Morgan fingerprint density at radius 1 is 1.44 bits per heavy atom. The fourth-order valence-corrected chi connectivity index (χ4v) is 1.18. The summed E-state index contributed by atoms with van der Waals surface area (Å²) in [5, 5.41) is 0.632. The first-order chi connectivity index (χ1) is 7.50. The highest BCUT2D eigenvalue weighted by atomic mass is 35.5. The van der Waals surface area contributed by atoms with Crippen LogP contribution in [0.15, 0.2) is 36.4 Å². The van der Waals surface area contributed by atoms with Crippen LogP contribution in [0.2, 0.25) is 5.02 Å². The molecule has 0 aliphatic rings. The first kappa shape index (κ1) is 12.6. The molecule has 86 valence electrons. The molecule has 1 aromatic carbocycles. The van der Waals surface area contributed by atoms with E-state index in [1.165, 1.54) is 4.90 Å². The lowest BCUT2D eigenvalue weighted by Gasteiger charge is -2.17. The van der Waals surface area contributed by atoms with E-state index in [2.05, 4.69) is 6.58 Å². The second kappa shape index (κ2) is 5.56. The van der Waals surface area contributed by atoms with Crippen LogP contribution in [0.4, 0.5) is 10.5 Å². The third kappa shape index (κ3) is 3.59. The van der Waals surface area contributed by atoms with Gasteiger partial charge in [0.25, 0.3) is 0 Å². The molecular weight excluding hydrogens is 226 g/mol. The zero-order valence-electron chi connectivity index (χ0n) is 9.37. The van der Waals surface area contributed by atoms with Crippen LogP contribution in [0.25, 0.3) is 0 Å². The van der Waals surface area contributed by atoms with Gasteiger partial charge in [0.1, 0.15) is 6.61 Å². The number of carbonyl (C=O) groups is 1. The number of halogens is 1. The molecule has 0 bridgehead atoms. The Morgan fingerprint density at radius 3 is 2.50 bits per heavy atom. The predicted molar refractivity (Wildman–Crippen MR) is 66.0 cm³/mol. The highest BCUT2D eigenvalue weighted by Crippen LogP contribution is 2.17. The number of anilines is 1. The molecule has 0 heterocycles. The minimum absolute atomic E-state index is 0.233. The molecule has 0 aliphatic heterocycles. The van der Waals surface area contributed by atoms with Gasteiger partial charge in [0, 0.05) is 17.8 Å². The molecular formula is C12H14ClNO2. The van der Waals surface area contributed by atoms with E-state index in [4.69, 9.17) is 16.3 Å². The van der Waals surface area contributed by atoms with Crippen LogP contribution in [0.1, 0.15) is 6.92 Å². The van der Waals surface area contributed by atoms with Gasteiger partial charge in [-0.1, -0.05) is 18.2 Å². The topological polar surface area (TPSA) is 29.5 Å². The lowest BCUT2D eigenvalue weighted by molar-refractivity contribution is 0.165. The molecule has 1 rings (SSSR count). The minimum Gasteiger partial charge on any atom is -0.445 e. The van der Waals surface area contributed by atoms with Crippen molar-refractivity contribution in [1.29, 1.82) is 0 Å². The molecule has 3 nitrogen and oxygen atoms in total. The van der Waals surface area contributed by atoms with Gasteiger partial charge >= 0.3 is 6.09 Å². The molecule has 1 amide bonds. The predicted octanol–water partition coefficient (Wildman–Crippen LogP) is 3.49. The summed E-state index contributed by atoms with van der Waals surface area (Å²) in [5.74, 6) is 0. The van der Waals surface area contributed by atoms with Gasteiger partial charge in [0.15, 0.2) is 0 Å². The number of nitrogens with zero attached hydrogens (tertiary/aromatic N) is 1. The Labute approximate surface area is 100 Å². The van der Waals surface area contributed by atoms with E-state index in [0.29, 0.717) is 5.02 Å². The molecule has 0 unspecified atom stereocenters. The average Bonchev–Trinajstić information content (AvgIpc) is 2.26. The van der Waals surface area contributed by atoms with Crippen LogP contribution in [-0.2, 0) is 4.74 Å². The number of carbonyl (C=O) groups excluding carboxylic acids is 1.